The third-order valence-electron chi connectivity index (χ3n) is 5.04. The Kier molecular flexibility index (Phi) is 4.80. The normalized spacial score (nSPS) is 20.8. The van der Waals surface area contributed by atoms with Crippen molar-refractivity contribution >= 4 is 5.91 Å². The minimum atomic E-state index is -4.51. The smallest absolute Gasteiger partial charge is 0.333 e. The van der Waals surface area contributed by atoms with Crippen LogP contribution in [0.5, 0.6) is 0 Å². The molecule has 1 aromatic heterocycles. The minimum Gasteiger partial charge on any atom is -0.333 e. The molecule has 1 unspecified atom stereocenters. The van der Waals surface area contributed by atoms with E-state index >= 15 is 0 Å². The number of fused-ring (bicyclic) bond motifs is 1. The van der Waals surface area contributed by atoms with Gasteiger partial charge in [0.25, 0.3) is 0 Å². The minimum absolute atomic E-state index is 0.0103. The van der Waals surface area contributed by atoms with Gasteiger partial charge in [-0.25, -0.2) is 0 Å². The number of nitrogens with zero attached hydrogens (tertiary/aromatic N) is 4. The molecule has 24 heavy (non-hydrogen) atoms. The number of rotatable bonds is 3. The van der Waals surface area contributed by atoms with Crippen molar-refractivity contribution in [2.45, 2.75) is 45.5 Å². The molecular weight excluding hydrogens is 323 g/mol. The maximum Gasteiger partial charge on any atom is 0.451 e. The maximum atomic E-state index is 12.8. The van der Waals surface area contributed by atoms with Gasteiger partial charge >= 0.3 is 6.18 Å². The van der Waals surface area contributed by atoms with Crippen LogP contribution in [-0.4, -0.2) is 45.2 Å². The third kappa shape index (κ3) is 3.55. The second-order valence-corrected chi connectivity index (χ2v) is 6.67. The van der Waals surface area contributed by atoms with Crippen LogP contribution >= 0.6 is 0 Å². The van der Waals surface area contributed by atoms with Gasteiger partial charge < -0.3 is 14.8 Å². The number of halogens is 3. The Morgan fingerprint density at radius 1 is 1.29 bits per heavy atom. The summed E-state index contributed by atoms with van der Waals surface area (Å²) in [7, 11) is 0. The first-order valence-electron chi connectivity index (χ1n) is 8.34. The summed E-state index contributed by atoms with van der Waals surface area (Å²) < 4.78 is 39.6. The van der Waals surface area contributed by atoms with Gasteiger partial charge in [-0.15, -0.1) is 10.2 Å². The molecule has 134 valence electrons. The van der Waals surface area contributed by atoms with Crippen molar-refractivity contribution < 1.29 is 18.0 Å². The van der Waals surface area contributed by atoms with E-state index in [9.17, 15) is 18.0 Å². The predicted octanol–water partition coefficient (Wildman–Crippen LogP) is 1.66. The highest BCUT2D eigenvalue weighted by Crippen LogP contribution is 2.30. The van der Waals surface area contributed by atoms with Crippen LogP contribution in [0.3, 0.4) is 0 Å². The summed E-state index contributed by atoms with van der Waals surface area (Å²) in [6, 6.07) is 0. The van der Waals surface area contributed by atoms with Crippen molar-refractivity contribution in [1.82, 2.24) is 25.0 Å². The van der Waals surface area contributed by atoms with Gasteiger partial charge in [-0.05, 0) is 37.8 Å². The van der Waals surface area contributed by atoms with Crippen LogP contribution in [0.1, 0.15) is 37.8 Å². The molecule has 2 aliphatic heterocycles. The van der Waals surface area contributed by atoms with Gasteiger partial charge in [0.15, 0.2) is 5.82 Å². The number of nitrogens with one attached hydrogen (secondary N) is 1. The summed E-state index contributed by atoms with van der Waals surface area (Å²) in [6.45, 7) is 4.51. The molecule has 3 rings (SSSR count). The number of hydrogen-bond acceptors (Lipinski definition) is 4. The molecule has 1 fully saturated rings. The molecule has 0 aromatic carbocycles. The second-order valence-electron chi connectivity index (χ2n) is 6.67. The fourth-order valence-electron chi connectivity index (χ4n) is 3.56. The van der Waals surface area contributed by atoms with Crippen LogP contribution < -0.4 is 5.32 Å². The molecule has 0 saturated carbocycles. The Morgan fingerprint density at radius 2 is 2.00 bits per heavy atom. The zero-order chi connectivity index (χ0) is 17.3. The Hall–Kier alpha value is -1.64. The molecule has 1 aromatic rings. The Balaban J connectivity index is 1.61. The number of alkyl halides is 3. The lowest BCUT2D eigenvalue weighted by molar-refractivity contribution is -0.148. The Labute approximate surface area is 138 Å². The molecular formula is C15H22F3N5O. The lowest BCUT2D eigenvalue weighted by atomic mass is 9.84. The van der Waals surface area contributed by atoms with Crippen molar-refractivity contribution in [2.75, 3.05) is 19.6 Å². The van der Waals surface area contributed by atoms with E-state index in [2.05, 4.69) is 22.4 Å². The lowest BCUT2D eigenvalue weighted by Crippen LogP contribution is -2.40. The molecule has 3 heterocycles. The molecule has 1 atom stereocenters. The number of piperidine rings is 1. The van der Waals surface area contributed by atoms with E-state index in [-0.39, 0.29) is 37.3 Å². The molecule has 2 aliphatic rings. The van der Waals surface area contributed by atoms with Crippen molar-refractivity contribution in [1.29, 1.82) is 0 Å². The van der Waals surface area contributed by atoms with Crippen molar-refractivity contribution in [2.24, 2.45) is 11.8 Å². The average molecular weight is 345 g/mol. The number of amides is 1. The fraction of sp³-hybridized carbons (Fsp3) is 0.800. The van der Waals surface area contributed by atoms with E-state index in [1.807, 2.05) is 0 Å². The van der Waals surface area contributed by atoms with E-state index in [1.54, 1.807) is 4.90 Å². The highest BCUT2D eigenvalue weighted by atomic mass is 19.4. The SMILES string of the molecule is CC(CC(=O)N1CCn2c(nnc2C(F)(F)F)C1)C1CCNCC1. The monoisotopic (exact) mass is 345 g/mol. The van der Waals surface area contributed by atoms with Crippen LogP contribution in [0.25, 0.3) is 0 Å². The summed E-state index contributed by atoms with van der Waals surface area (Å²) in [5.74, 6) is 0.0265. The number of carbonyl (C=O) groups is 1. The highest BCUT2D eigenvalue weighted by molar-refractivity contribution is 5.76. The molecule has 6 nitrogen and oxygen atoms in total. The quantitative estimate of drug-likeness (QED) is 0.905. The zero-order valence-electron chi connectivity index (χ0n) is 13.6. The fourth-order valence-corrected chi connectivity index (χ4v) is 3.56. The summed E-state index contributed by atoms with van der Waals surface area (Å²) in [4.78, 5) is 14.1. The summed E-state index contributed by atoms with van der Waals surface area (Å²) in [5.41, 5.74) is 0. The average Bonchev–Trinajstić information content (AvgIpc) is 2.98. The highest BCUT2D eigenvalue weighted by Gasteiger charge is 2.40. The molecule has 0 spiro atoms. The first kappa shape index (κ1) is 17.2. The predicted molar refractivity (Wildman–Crippen MR) is 79.8 cm³/mol. The van der Waals surface area contributed by atoms with Crippen LogP contribution in [0, 0.1) is 11.8 Å². The largest absolute Gasteiger partial charge is 0.451 e. The van der Waals surface area contributed by atoms with Crippen molar-refractivity contribution in [3.63, 3.8) is 0 Å². The molecule has 1 amide bonds. The number of carbonyl (C=O) groups excluding carboxylic acids is 1. The van der Waals surface area contributed by atoms with Gasteiger partial charge in [0.1, 0.15) is 0 Å². The van der Waals surface area contributed by atoms with E-state index in [0.29, 0.717) is 12.3 Å². The molecule has 0 aliphatic carbocycles. The maximum absolute atomic E-state index is 12.8. The molecule has 1 N–H and O–H groups in total. The van der Waals surface area contributed by atoms with Crippen LogP contribution in [-0.2, 0) is 24.1 Å². The van der Waals surface area contributed by atoms with Gasteiger partial charge in [0.2, 0.25) is 11.7 Å². The Bertz CT molecular complexity index is 594. The third-order valence-corrected chi connectivity index (χ3v) is 5.04. The first-order chi connectivity index (χ1) is 11.4. The molecule has 9 heteroatoms. The number of hydrogen-bond donors (Lipinski definition) is 1. The first-order valence-corrected chi connectivity index (χ1v) is 8.34. The zero-order valence-corrected chi connectivity index (χ0v) is 13.6. The van der Waals surface area contributed by atoms with E-state index in [4.69, 9.17) is 0 Å². The van der Waals surface area contributed by atoms with E-state index < -0.39 is 12.0 Å². The summed E-state index contributed by atoms with van der Waals surface area (Å²) >= 11 is 0. The lowest BCUT2D eigenvalue weighted by Gasteiger charge is -2.32. The van der Waals surface area contributed by atoms with Gasteiger partial charge in [0, 0.05) is 19.5 Å². The second kappa shape index (κ2) is 6.70. The van der Waals surface area contributed by atoms with Crippen LogP contribution in [0.4, 0.5) is 13.2 Å². The van der Waals surface area contributed by atoms with E-state index in [1.165, 1.54) is 0 Å². The van der Waals surface area contributed by atoms with Crippen molar-refractivity contribution in [3.8, 4) is 0 Å². The summed E-state index contributed by atoms with van der Waals surface area (Å²) in [5, 5.41) is 10.2. The van der Waals surface area contributed by atoms with Crippen molar-refractivity contribution in [3.05, 3.63) is 11.6 Å². The van der Waals surface area contributed by atoms with Gasteiger partial charge in [-0.1, -0.05) is 6.92 Å². The topological polar surface area (TPSA) is 63.1 Å². The van der Waals surface area contributed by atoms with Gasteiger partial charge in [-0.2, -0.15) is 13.2 Å². The Morgan fingerprint density at radius 3 is 2.67 bits per heavy atom. The molecule has 1 saturated heterocycles. The standard InChI is InChI=1S/C15H22F3N5O/c1-10(11-2-4-19-5-3-11)8-13(24)22-6-7-23-12(9-22)20-21-14(23)15(16,17)18/h10-11,19H,2-9H2,1H3. The van der Waals surface area contributed by atoms with Gasteiger partial charge in [0.05, 0.1) is 6.54 Å². The van der Waals surface area contributed by atoms with Crippen LogP contribution in [0.15, 0.2) is 0 Å². The number of aromatic nitrogens is 3. The molecule has 0 radical (unpaired) electrons. The van der Waals surface area contributed by atoms with E-state index in [0.717, 1.165) is 30.5 Å². The van der Waals surface area contributed by atoms with Gasteiger partial charge in [-0.3, -0.25) is 4.79 Å². The summed E-state index contributed by atoms with van der Waals surface area (Å²) in [6.07, 6.45) is -1.94. The van der Waals surface area contributed by atoms with Crippen LogP contribution in [0.2, 0.25) is 0 Å². The molecule has 0 bridgehead atoms.